The van der Waals surface area contributed by atoms with E-state index in [1.807, 2.05) is 18.7 Å². The fourth-order valence-corrected chi connectivity index (χ4v) is 3.59. The Kier molecular flexibility index (Phi) is 8.45. The molecule has 2 atom stereocenters. The maximum atomic E-state index is 13.2. The van der Waals surface area contributed by atoms with E-state index in [0.717, 1.165) is 17.7 Å². The minimum absolute atomic E-state index is 0.0543. The molecule has 0 aliphatic carbocycles. The average Bonchev–Trinajstić information content (AvgIpc) is 3.21. The van der Waals surface area contributed by atoms with Crippen LogP contribution < -0.4 is 0 Å². The summed E-state index contributed by atoms with van der Waals surface area (Å²) in [4.78, 5) is 7.37. The van der Waals surface area contributed by atoms with Gasteiger partial charge in [-0.05, 0) is 43.2 Å². The lowest BCUT2D eigenvalue weighted by molar-refractivity contribution is -0.137. The van der Waals surface area contributed by atoms with Crippen LogP contribution in [0.1, 0.15) is 37.0 Å². The molecule has 1 aliphatic heterocycles. The molecule has 33 heavy (non-hydrogen) atoms. The number of nitrogens with zero attached hydrogens (tertiary/aromatic N) is 2. The highest BCUT2D eigenvalue weighted by Crippen LogP contribution is 2.30. The quantitative estimate of drug-likeness (QED) is 0.517. The number of rotatable bonds is 10. The second-order valence-electron chi connectivity index (χ2n) is 8.40. The lowest BCUT2D eigenvalue weighted by Gasteiger charge is -2.27. The number of hydrogen-bond donors (Lipinski definition) is 1. The maximum absolute atomic E-state index is 13.2. The fourth-order valence-electron chi connectivity index (χ4n) is 3.59. The summed E-state index contributed by atoms with van der Waals surface area (Å²) < 4.78 is 58.0. The van der Waals surface area contributed by atoms with Crippen molar-refractivity contribution in [3.05, 3.63) is 71.0 Å². The van der Waals surface area contributed by atoms with Crippen LogP contribution in [0.5, 0.6) is 0 Å². The van der Waals surface area contributed by atoms with Crippen molar-refractivity contribution in [2.75, 3.05) is 19.7 Å². The highest BCUT2D eigenvalue weighted by Gasteiger charge is 2.31. The van der Waals surface area contributed by atoms with Gasteiger partial charge in [0.25, 0.3) is 0 Å². The Balaban J connectivity index is 1.68. The number of ether oxygens (including phenoxy) is 1. The smallest absolute Gasteiger partial charge is 0.390 e. The number of halogens is 4. The number of alkyl halides is 3. The molecule has 0 spiro atoms. The van der Waals surface area contributed by atoms with Crippen molar-refractivity contribution in [3.8, 4) is 0 Å². The van der Waals surface area contributed by atoms with E-state index >= 15 is 0 Å². The molecule has 0 radical (unpaired) electrons. The van der Waals surface area contributed by atoms with Crippen LogP contribution in [0.25, 0.3) is 0 Å². The summed E-state index contributed by atoms with van der Waals surface area (Å²) in [5.74, 6) is -0.348. The Morgan fingerprint density at radius 2 is 1.91 bits per heavy atom. The zero-order valence-corrected chi connectivity index (χ0v) is 18.6. The minimum Gasteiger partial charge on any atom is -0.390 e. The van der Waals surface area contributed by atoms with Gasteiger partial charge in [-0.3, -0.25) is 4.90 Å². The van der Waals surface area contributed by atoms with Gasteiger partial charge < -0.3 is 14.7 Å². The lowest BCUT2D eigenvalue weighted by Crippen LogP contribution is -2.39. The lowest BCUT2D eigenvalue weighted by atomic mass is 10.0. The van der Waals surface area contributed by atoms with Gasteiger partial charge in [-0.15, -0.1) is 0 Å². The van der Waals surface area contributed by atoms with Crippen molar-refractivity contribution >= 4 is 5.71 Å². The summed E-state index contributed by atoms with van der Waals surface area (Å²) >= 11 is 0. The van der Waals surface area contributed by atoms with E-state index in [1.54, 1.807) is 18.2 Å². The van der Waals surface area contributed by atoms with Crippen LogP contribution in [-0.2, 0) is 22.3 Å². The predicted octanol–water partition coefficient (Wildman–Crippen LogP) is 4.63. The van der Waals surface area contributed by atoms with Crippen LogP contribution >= 0.6 is 0 Å². The molecule has 0 fully saturated rings. The first-order chi connectivity index (χ1) is 15.6. The van der Waals surface area contributed by atoms with E-state index in [1.165, 1.54) is 18.2 Å². The molecule has 3 rings (SSSR count). The van der Waals surface area contributed by atoms with Gasteiger partial charge in [-0.2, -0.15) is 13.2 Å². The molecule has 2 aromatic rings. The molecule has 0 aromatic heterocycles. The predicted molar refractivity (Wildman–Crippen MR) is 116 cm³/mol. The molecule has 5 nitrogen and oxygen atoms in total. The first-order valence-electron chi connectivity index (χ1n) is 10.8. The SMILES string of the molecule is CC(C)OC[C@@H](O)CN(Cc1cccc(C(F)(F)F)c1)C[C@@H]1CC(c2ccc(F)cc2)=NO1. The van der Waals surface area contributed by atoms with Crippen molar-refractivity contribution in [1.29, 1.82) is 0 Å². The van der Waals surface area contributed by atoms with Gasteiger partial charge >= 0.3 is 6.18 Å². The molecule has 0 saturated heterocycles. The van der Waals surface area contributed by atoms with Crippen LogP contribution in [0, 0.1) is 5.82 Å². The molecule has 2 aromatic carbocycles. The van der Waals surface area contributed by atoms with Gasteiger partial charge in [-0.25, -0.2) is 4.39 Å². The monoisotopic (exact) mass is 468 g/mol. The van der Waals surface area contributed by atoms with Gasteiger partial charge in [0.05, 0.1) is 30.1 Å². The number of aliphatic hydroxyl groups excluding tert-OH is 1. The number of aliphatic hydroxyl groups is 1. The van der Waals surface area contributed by atoms with E-state index in [-0.39, 0.29) is 37.7 Å². The number of benzene rings is 2. The van der Waals surface area contributed by atoms with Gasteiger partial charge in [0.15, 0.2) is 0 Å². The second kappa shape index (κ2) is 11.1. The Hall–Kier alpha value is -2.49. The summed E-state index contributed by atoms with van der Waals surface area (Å²) in [6, 6.07) is 11.1. The number of hydrogen-bond acceptors (Lipinski definition) is 5. The largest absolute Gasteiger partial charge is 0.416 e. The third-order valence-electron chi connectivity index (χ3n) is 5.12. The Bertz CT molecular complexity index is 932. The Morgan fingerprint density at radius 3 is 2.58 bits per heavy atom. The van der Waals surface area contributed by atoms with E-state index in [9.17, 15) is 22.7 Å². The van der Waals surface area contributed by atoms with Crippen molar-refractivity contribution in [2.45, 2.75) is 51.3 Å². The van der Waals surface area contributed by atoms with Gasteiger partial charge in [0, 0.05) is 26.1 Å². The Morgan fingerprint density at radius 1 is 1.18 bits per heavy atom. The van der Waals surface area contributed by atoms with E-state index < -0.39 is 17.8 Å². The van der Waals surface area contributed by atoms with Crippen molar-refractivity contribution in [1.82, 2.24) is 4.90 Å². The molecular formula is C24H28F4N2O3. The average molecular weight is 468 g/mol. The topological polar surface area (TPSA) is 54.3 Å². The molecule has 0 unspecified atom stereocenters. The normalized spacial score (nSPS) is 17.4. The summed E-state index contributed by atoms with van der Waals surface area (Å²) in [5.41, 5.74) is 1.17. The molecular weight excluding hydrogens is 440 g/mol. The van der Waals surface area contributed by atoms with Crippen LogP contribution in [0.4, 0.5) is 17.6 Å². The summed E-state index contributed by atoms with van der Waals surface area (Å²) in [7, 11) is 0. The van der Waals surface area contributed by atoms with E-state index in [2.05, 4.69) is 5.16 Å². The molecule has 180 valence electrons. The molecule has 0 saturated carbocycles. The van der Waals surface area contributed by atoms with Crippen molar-refractivity contribution < 1.29 is 32.2 Å². The summed E-state index contributed by atoms with van der Waals surface area (Å²) in [6.45, 7) is 4.54. The molecule has 0 bridgehead atoms. The van der Waals surface area contributed by atoms with Crippen LogP contribution in [0.2, 0.25) is 0 Å². The van der Waals surface area contributed by atoms with Gasteiger partial charge in [-0.1, -0.05) is 35.5 Å². The van der Waals surface area contributed by atoms with Gasteiger partial charge in [0.1, 0.15) is 11.9 Å². The molecule has 0 amide bonds. The Labute approximate surface area is 190 Å². The van der Waals surface area contributed by atoms with Crippen molar-refractivity contribution in [2.24, 2.45) is 5.16 Å². The number of oxime groups is 1. The second-order valence-corrected chi connectivity index (χ2v) is 8.40. The first kappa shape index (κ1) is 25.1. The molecule has 1 N–H and O–H groups in total. The van der Waals surface area contributed by atoms with E-state index in [4.69, 9.17) is 9.57 Å². The van der Waals surface area contributed by atoms with Gasteiger partial charge in [0.2, 0.25) is 0 Å². The minimum atomic E-state index is -4.43. The van der Waals surface area contributed by atoms with E-state index in [0.29, 0.717) is 24.2 Å². The zero-order valence-electron chi connectivity index (χ0n) is 18.6. The first-order valence-corrected chi connectivity index (χ1v) is 10.8. The third kappa shape index (κ3) is 7.80. The summed E-state index contributed by atoms with van der Waals surface area (Å²) in [5, 5.41) is 14.5. The van der Waals surface area contributed by atoms with Crippen LogP contribution in [-0.4, -0.2) is 53.7 Å². The summed E-state index contributed by atoms with van der Waals surface area (Å²) in [6.07, 6.45) is -5.20. The highest BCUT2D eigenvalue weighted by atomic mass is 19.4. The van der Waals surface area contributed by atoms with Crippen molar-refractivity contribution in [3.63, 3.8) is 0 Å². The maximum Gasteiger partial charge on any atom is 0.416 e. The third-order valence-corrected chi connectivity index (χ3v) is 5.12. The zero-order chi connectivity index (χ0) is 24.0. The van der Waals surface area contributed by atoms with Crippen LogP contribution in [0.3, 0.4) is 0 Å². The van der Waals surface area contributed by atoms with Crippen LogP contribution in [0.15, 0.2) is 53.7 Å². The molecule has 1 aliphatic rings. The molecule has 9 heteroatoms. The molecule has 1 heterocycles. The standard InChI is InChI=1S/C24H28F4N2O3/c1-16(2)32-15-21(31)13-30(12-17-4-3-5-19(10-17)24(26,27)28)14-22-11-23(29-33-22)18-6-8-20(25)9-7-18/h3-10,16,21-22,31H,11-15H2,1-2H3/t21-,22-/m0/s1. The fraction of sp³-hybridized carbons (Fsp3) is 0.458. The highest BCUT2D eigenvalue weighted by molar-refractivity contribution is 6.01.